The first kappa shape index (κ1) is 16.6. The number of rotatable bonds is 6. The largest absolute Gasteiger partial charge is 0.493 e. The van der Waals surface area contributed by atoms with Gasteiger partial charge in [-0.25, -0.2) is 0 Å². The minimum Gasteiger partial charge on any atom is -0.493 e. The molecule has 3 aromatic rings. The number of aromatic nitrogens is 3. The Morgan fingerprint density at radius 2 is 2.15 bits per heavy atom. The summed E-state index contributed by atoms with van der Waals surface area (Å²) in [7, 11) is 0. The summed E-state index contributed by atoms with van der Waals surface area (Å²) in [4.78, 5) is 2.10. The van der Waals surface area contributed by atoms with E-state index >= 15 is 0 Å². The molecule has 4 rings (SSSR count). The van der Waals surface area contributed by atoms with Crippen molar-refractivity contribution < 1.29 is 13.7 Å². The van der Waals surface area contributed by atoms with E-state index in [1.807, 2.05) is 37.3 Å². The van der Waals surface area contributed by atoms with Gasteiger partial charge < -0.3 is 18.6 Å². The molecule has 0 radical (unpaired) electrons. The molecule has 1 aliphatic rings. The molecule has 0 aliphatic carbocycles. The van der Waals surface area contributed by atoms with Crippen LogP contribution in [-0.4, -0.2) is 28.5 Å². The van der Waals surface area contributed by atoms with E-state index in [-0.39, 0.29) is 6.04 Å². The lowest BCUT2D eigenvalue weighted by Crippen LogP contribution is -2.23. The second kappa shape index (κ2) is 7.19. The van der Waals surface area contributed by atoms with E-state index < -0.39 is 0 Å². The van der Waals surface area contributed by atoms with Gasteiger partial charge in [0.25, 0.3) is 5.89 Å². The van der Waals surface area contributed by atoms with Crippen molar-refractivity contribution >= 4 is 6.01 Å². The van der Waals surface area contributed by atoms with Crippen LogP contribution in [-0.2, 0) is 0 Å². The smallest absolute Gasteiger partial charge is 0.319 e. The Morgan fingerprint density at radius 1 is 1.27 bits per heavy atom. The predicted octanol–water partition coefficient (Wildman–Crippen LogP) is 4.16. The SMILES string of the molecule is CCCOc1ccccc1-c1nnc(N2CCCC2c2cc(C)on2)o1. The van der Waals surface area contributed by atoms with Crippen molar-refractivity contribution in [2.45, 2.75) is 39.2 Å². The summed E-state index contributed by atoms with van der Waals surface area (Å²) in [6.07, 6.45) is 2.97. The molecular formula is C19H22N4O3. The molecule has 3 heterocycles. The van der Waals surface area contributed by atoms with Crippen molar-refractivity contribution in [3.8, 4) is 17.2 Å². The van der Waals surface area contributed by atoms with Crippen molar-refractivity contribution in [1.82, 2.24) is 15.4 Å². The highest BCUT2D eigenvalue weighted by molar-refractivity contribution is 5.63. The van der Waals surface area contributed by atoms with E-state index in [2.05, 4.69) is 27.2 Å². The summed E-state index contributed by atoms with van der Waals surface area (Å²) in [5, 5.41) is 12.7. The molecule has 0 spiro atoms. The van der Waals surface area contributed by atoms with Crippen molar-refractivity contribution in [2.75, 3.05) is 18.1 Å². The average Bonchev–Trinajstić information content (AvgIpc) is 3.39. The molecule has 1 unspecified atom stereocenters. The van der Waals surface area contributed by atoms with Crippen LogP contribution in [0, 0.1) is 6.92 Å². The fourth-order valence-electron chi connectivity index (χ4n) is 3.27. The molecule has 1 fully saturated rings. The molecule has 1 saturated heterocycles. The molecule has 7 nitrogen and oxygen atoms in total. The average molecular weight is 354 g/mol. The third-order valence-corrected chi connectivity index (χ3v) is 4.48. The van der Waals surface area contributed by atoms with Gasteiger partial charge in [0.2, 0.25) is 0 Å². The molecule has 1 aromatic carbocycles. The van der Waals surface area contributed by atoms with Crippen LogP contribution >= 0.6 is 0 Å². The van der Waals surface area contributed by atoms with Crippen LogP contribution in [0.5, 0.6) is 5.75 Å². The number of nitrogens with zero attached hydrogens (tertiary/aromatic N) is 4. The van der Waals surface area contributed by atoms with Crippen LogP contribution in [0.4, 0.5) is 6.01 Å². The minimum absolute atomic E-state index is 0.104. The molecule has 26 heavy (non-hydrogen) atoms. The Kier molecular flexibility index (Phi) is 4.60. The van der Waals surface area contributed by atoms with Gasteiger partial charge in [-0.2, -0.15) is 0 Å². The number of hydrogen-bond acceptors (Lipinski definition) is 7. The fraction of sp³-hybridized carbons (Fsp3) is 0.421. The van der Waals surface area contributed by atoms with Crippen LogP contribution < -0.4 is 9.64 Å². The summed E-state index contributed by atoms with van der Waals surface area (Å²) in [5.74, 6) is 2.03. The first-order valence-electron chi connectivity index (χ1n) is 9.02. The van der Waals surface area contributed by atoms with Crippen LogP contribution in [0.15, 0.2) is 39.3 Å². The van der Waals surface area contributed by atoms with Gasteiger partial charge in [-0.05, 0) is 38.3 Å². The van der Waals surface area contributed by atoms with Crippen molar-refractivity contribution in [2.24, 2.45) is 0 Å². The third-order valence-electron chi connectivity index (χ3n) is 4.48. The molecule has 1 atom stereocenters. The van der Waals surface area contributed by atoms with E-state index in [4.69, 9.17) is 13.7 Å². The second-order valence-electron chi connectivity index (χ2n) is 6.45. The molecule has 2 aromatic heterocycles. The highest BCUT2D eigenvalue weighted by Crippen LogP contribution is 2.37. The lowest BCUT2D eigenvalue weighted by molar-refractivity contribution is 0.318. The van der Waals surface area contributed by atoms with E-state index in [0.717, 1.165) is 48.6 Å². The zero-order valence-electron chi connectivity index (χ0n) is 15.0. The number of aryl methyl sites for hydroxylation is 1. The minimum atomic E-state index is 0.104. The van der Waals surface area contributed by atoms with Crippen LogP contribution in [0.3, 0.4) is 0 Å². The van der Waals surface area contributed by atoms with Gasteiger partial charge in [0.1, 0.15) is 17.2 Å². The standard InChI is InChI=1S/C19H22N4O3/c1-3-11-24-17-9-5-4-7-14(17)18-20-21-19(25-18)23-10-6-8-16(23)15-12-13(2)26-22-15/h4-5,7,9,12,16H,3,6,8,10-11H2,1-2H3. The predicted molar refractivity (Wildman–Crippen MR) is 96.1 cm³/mol. The Labute approximate surface area is 152 Å². The molecule has 0 saturated carbocycles. The third kappa shape index (κ3) is 3.16. The van der Waals surface area contributed by atoms with Gasteiger partial charge in [-0.15, -0.1) is 5.10 Å². The molecule has 0 bridgehead atoms. The second-order valence-corrected chi connectivity index (χ2v) is 6.45. The van der Waals surface area contributed by atoms with Crippen LogP contribution in [0.1, 0.15) is 43.7 Å². The summed E-state index contributed by atoms with van der Waals surface area (Å²) in [6, 6.07) is 10.3. The van der Waals surface area contributed by atoms with Crippen molar-refractivity contribution in [3.63, 3.8) is 0 Å². The maximum absolute atomic E-state index is 6.00. The topological polar surface area (TPSA) is 77.4 Å². The zero-order chi connectivity index (χ0) is 17.9. The molecule has 1 aliphatic heterocycles. The Bertz CT molecular complexity index is 873. The summed E-state index contributed by atoms with van der Waals surface area (Å²) < 4.78 is 17.0. The van der Waals surface area contributed by atoms with E-state index in [1.54, 1.807) is 0 Å². The van der Waals surface area contributed by atoms with E-state index in [9.17, 15) is 0 Å². The van der Waals surface area contributed by atoms with Crippen molar-refractivity contribution in [3.05, 3.63) is 41.8 Å². The molecule has 0 amide bonds. The molecule has 136 valence electrons. The first-order valence-corrected chi connectivity index (χ1v) is 9.02. The Hall–Kier alpha value is -2.83. The number of ether oxygens (including phenoxy) is 1. The number of hydrogen-bond donors (Lipinski definition) is 0. The van der Waals surface area contributed by atoms with Gasteiger partial charge in [0.15, 0.2) is 0 Å². The lowest BCUT2D eigenvalue weighted by atomic mass is 10.1. The van der Waals surface area contributed by atoms with Crippen LogP contribution in [0.25, 0.3) is 11.5 Å². The quantitative estimate of drug-likeness (QED) is 0.657. The van der Waals surface area contributed by atoms with E-state index in [1.165, 1.54) is 0 Å². The lowest BCUT2D eigenvalue weighted by Gasteiger charge is -2.19. The van der Waals surface area contributed by atoms with Gasteiger partial charge in [0, 0.05) is 12.6 Å². The molecule has 0 N–H and O–H groups in total. The Balaban J connectivity index is 1.60. The summed E-state index contributed by atoms with van der Waals surface area (Å²) >= 11 is 0. The van der Waals surface area contributed by atoms with E-state index in [0.29, 0.717) is 18.5 Å². The Morgan fingerprint density at radius 3 is 2.96 bits per heavy atom. The maximum atomic E-state index is 6.00. The monoisotopic (exact) mass is 354 g/mol. The fourth-order valence-corrected chi connectivity index (χ4v) is 3.27. The number of anilines is 1. The van der Waals surface area contributed by atoms with Crippen molar-refractivity contribution in [1.29, 1.82) is 0 Å². The number of benzene rings is 1. The molecular weight excluding hydrogens is 332 g/mol. The van der Waals surface area contributed by atoms with Gasteiger partial charge in [0.05, 0.1) is 18.2 Å². The molecule has 7 heteroatoms. The normalized spacial score (nSPS) is 17.0. The van der Waals surface area contributed by atoms with Gasteiger partial charge in [-0.1, -0.05) is 29.3 Å². The van der Waals surface area contributed by atoms with Crippen LogP contribution in [0.2, 0.25) is 0 Å². The zero-order valence-corrected chi connectivity index (χ0v) is 15.0. The highest BCUT2D eigenvalue weighted by atomic mass is 16.5. The van der Waals surface area contributed by atoms with Gasteiger partial charge >= 0.3 is 6.01 Å². The van der Waals surface area contributed by atoms with Gasteiger partial charge in [-0.3, -0.25) is 0 Å². The summed E-state index contributed by atoms with van der Waals surface area (Å²) in [6.45, 7) is 5.48. The first-order chi connectivity index (χ1) is 12.8. The number of para-hydroxylation sites is 1. The summed E-state index contributed by atoms with van der Waals surface area (Å²) in [5.41, 5.74) is 1.72. The maximum Gasteiger partial charge on any atom is 0.319 e. The highest BCUT2D eigenvalue weighted by Gasteiger charge is 2.32.